The van der Waals surface area contributed by atoms with E-state index in [9.17, 15) is 0 Å². The van der Waals surface area contributed by atoms with Crippen LogP contribution < -0.4 is 0 Å². The number of hydrogen-bond acceptors (Lipinski definition) is 0. The Bertz CT molecular complexity index is 57.4. The largest absolute Gasteiger partial charge is 0.0897 e. The monoisotopic (exact) mass is 129 g/mol. The average molecular weight is 129 g/mol. The summed E-state index contributed by atoms with van der Waals surface area (Å²) in [5.41, 5.74) is 0. The van der Waals surface area contributed by atoms with E-state index in [4.69, 9.17) is 12.6 Å². The molecule has 0 aliphatic carbocycles. The lowest BCUT2D eigenvalue weighted by molar-refractivity contribution is 0.814. The highest BCUT2D eigenvalue weighted by molar-refractivity contribution is 7.80. The van der Waals surface area contributed by atoms with Gasteiger partial charge in [0.2, 0.25) is 0 Å². The molecule has 0 rings (SSSR count). The van der Waals surface area contributed by atoms with Gasteiger partial charge in [-0.15, -0.1) is 0 Å². The van der Waals surface area contributed by atoms with Gasteiger partial charge >= 0.3 is 0 Å². The molecule has 0 saturated heterocycles. The zero-order valence-electron chi connectivity index (χ0n) is 5.39. The Balaban J connectivity index is 2.80. The molecule has 0 amide bonds. The van der Waals surface area contributed by atoms with Crippen molar-refractivity contribution in [3.63, 3.8) is 0 Å². The van der Waals surface area contributed by atoms with Crippen LogP contribution in [0.15, 0.2) is 12.2 Å². The lowest BCUT2D eigenvalue weighted by Gasteiger charge is -1.85. The first-order valence-electron chi connectivity index (χ1n) is 3.15. The topological polar surface area (TPSA) is 0 Å². The van der Waals surface area contributed by atoms with Gasteiger partial charge in [-0.1, -0.05) is 44.5 Å². The van der Waals surface area contributed by atoms with Crippen LogP contribution in [0.2, 0.25) is 0 Å². The second kappa shape index (κ2) is 7.09. The summed E-state index contributed by atoms with van der Waals surface area (Å²) in [4.78, 5) is 0. The predicted octanol–water partition coefficient (Wildman–Crippen LogP) is 2.93. The molecule has 1 heteroatoms. The van der Waals surface area contributed by atoms with Gasteiger partial charge in [0, 0.05) is 5.75 Å². The molecule has 47 valence electrons. The molecule has 0 fully saturated rings. The molecule has 0 aromatic rings. The standard InChI is InChI=1S/C7H13S/c1-2-3-4-5-6-7-8/h5-6H,2-4,7H2,1H3. The van der Waals surface area contributed by atoms with Gasteiger partial charge in [0.1, 0.15) is 0 Å². The molecular weight excluding hydrogens is 116 g/mol. The van der Waals surface area contributed by atoms with E-state index in [2.05, 4.69) is 13.0 Å². The Morgan fingerprint density at radius 3 is 2.62 bits per heavy atom. The Morgan fingerprint density at radius 2 is 2.12 bits per heavy atom. The highest BCUT2D eigenvalue weighted by Crippen LogP contribution is 1.94. The lowest BCUT2D eigenvalue weighted by atomic mass is 10.2. The van der Waals surface area contributed by atoms with Crippen molar-refractivity contribution in [2.45, 2.75) is 26.2 Å². The van der Waals surface area contributed by atoms with Gasteiger partial charge in [-0.05, 0) is 6.42 Å². The molecule has 0 aromatic heterocycles. The first-order chi connectivity index (χ1) is 3.91. The summed E-state index contributed by atoms with van der Waals surface area (Å²) in [6, 6.07) is 0. The van der Waals surface area contributed by atoms with E-state index in [0.29, 0.717) is 0 Å². The highest BCUT2D eigenvalue weighted by Gasteiger charge is 1.75. The molecule has 0 atom stereocenters. The van der Waals surface area contributed by atoms with Crippen molar-refractivity contribution in [1.29, 1.82) is 0 Å². The van der Waals surface area contributed by atoms with Crippen molar-refractivity contribution < 1.29 is 0 Å². The summed E-state index contributed by atoms with van der Waals surface area (Å²) in [7, 11) is 0. The summed E-state index contributed by atoms with van der Waals surface area (Å²) in [5.74, 6) is 0.768. The Morgan fingerprint density at radius 1 is 1.38 bits per heavy atom. The minimum atomic E-state index is 0.768. The predicted molar refractivity (Wildman–Crippen MR) is 41.1 cm³/mol. The lowest BCUT2D eigenvalue weighted by Crippen LogP contribution is -1.66. The molecule has 0 bridgehead atoms. The molecule has 0 aromatic carbocycles. The van der Waals surface area contributed by atoms with Crippen LogP contribution in [0.25, 0.3) is 0 Å². The molecule has 0 unspecified atom stereocenters. The first kappa shape index (κ1) is 8.09. The second-order valence-corrected chi connectivity index (χ2v) is 2.11. The van der Waals surface area contributed by atoms with Crippen LogP contribution in [0.1, 0.15) is 26.2 Å². The van der Waals surface area contributed by atoms with Gasteiger partial charge < -0.3 is 0 Å². The summed E-state index contributed by atoms with van der Waals surface area (Å²) >= 11 is 4.71. The number of rotatable bonds is 4. The second-order valence-electron chi connectivity index (χ2n) is 1.78. The molecule has 0 nitrogen and oxygen atoms in total. The maximum atomic E-state index is 4.71. The van der Waals surface area contributed by atoms with Crippen molar-refractivity contribution in [3.8, 4) is 0 Å². The van der Waals surface area contributed by atoms with E-state index < -0.39 is 0 Å². The van der Waals surface area contributed by atoms with Crippen LogP contribution in [0.4, 0.5) is 0 Å². The van der Waals surface area contributed by atoms with Crippen LogP contribution in [-0.2, 0) is 0 Å². The van der Waals surface area contributed by atoms with E-state index in [0.717, 1.165) is 5.75 Å². The zero-order valence-corrected chi connectivity index (χ0v) is 6.21. The Kier molecular flexibility index (Phi) is 7.17. The number of unbranched alkanes of at least 4 members (excludes halogenated alkanes) is 2. The molecule has 0 saturated carbocycles. The van der Waals surface area contributed by atoms with Crippen LogP contribution in [0, 0.1) is 0 Å². The third kappa shape index (κ3) is 6.09. The molecule has 0 heterocycles. The van der Waals surface area contributed by atoms with Gasteiger partial charge in [-0.3, -0.25) is 0 Å². The molecular formula is C7H13S. The smallest absolute Gasteiger partial charge is 0.0217 e. The summed E-state index contributed by atoms with van der Waals surface area (Å²) < 4.78 is 0. The van der Waals surface area contributed by atoms with Crippen molar-refractivity contribution >= 4 is 12.6 Å². The summed E-state index contributed by atoms with van der Waals surface area (Å²) in [6.07, 6.45) is 7.99. The van der Waals surface area contributed by atoms with Gasteiger partial charge in [0.25, 0.3) is 0 Å². The quantitative estimate of drug-likeness (QED) is 0.404. The van der Waals surface area contributed by atoms with Crippen molar-refractivity contribution in [1.82, 2.24) is 0 Å². The van der Waals surface area contributed by atoms with E-state index in [-0.39, 0.29) is 0 Å². The molecule has 0 aliphatic rings. The van der Waals surface area contributed by atoms with E-state index in [1.165, 1.54) is 19.3 Å². The summed E-state index contributed by atoms with van der Waals surface area (Å²) in [6.45, 7) is 2.20. The fraction of sp³-hybridized carbons (Fsp3) is 0.714. The molecule has 0 aliphatic heterocycles. The van der Waals surface area contributed by atoms with Crippen LogP contribution >= 0.6 is 12.6 Å². The maximum absolute atomic E-state index is 4.71. The fourth-order valence-corrected chi connectivity index (χ4v) is 0.644. The molecule has 0 spiro atoms. The van der Waals surface area contributed by atoms with Gasteiger partial charge in [0.15, 0.2) is 0 Å². The summed E-state index contributed by atoms with van der Waals surface area (Å²) in [5, 5.41) is 0. The normalized spacial score (nSPS) is 10.8. The van der Waals surface area contributed by atoms with E-state index in [1.807, 2.05) is 6.08 Å². The van der Waals surface area contributed by atoms with Gasteiger partial charge in [-0.2, -0.15) is 0 Å². The van der Waals surface area contributed by atoms with Gasteiger partial charge in [-0.25, -0.2) is 0 Å². The van der Waals surface area contributed by atoms with Crippen LogP contribution in [0.3, 0.4) is 0 Å². The average Bonchev–Trinajstić information content (AvgIpc) is 1.81. The van der Waals surface area contributed by atoms with E-state index in [1.54, 1.807) is 0 Å². The molecule has 1 radical (unpaired) electrons. The van der Waals surface area contributed by atoms with Crippen LogP contribution in [0.5, 0.6) is 0 Å². The van der Waals surface area contributed by atoms with Crippen LogP contribution in [-0.4, -0.2) is 5.75 Å². The number of allylic oxidation sites excluding steroid dienone is 1. The Labute approximate surface area is 57.4 Å². The Hall–Kier alpha value is 0.0900. The fourth-order valence-electron chi connectivity index (χ4n) is 0.508. The number of hydrogen-bond donors (Lipinski definition) is 0. The van der Waals surface area contributed by atoms with E-state index >= 15 is 0 Å². The highest BCUT2D eigenvalue weighted by atomic mass is 32.1. The van der Waals surface area contributed by atoms with Crippen molar-refractivity contribution in [3.05, 3.63) is 12.2 Å². The van der Waals surface area contributed by atoms with Crippen molar-refractivity contribution in [2.75, 3.05) is 5.75 Å². The first-order valence-corrected chi connectivity index (χ1v) is 3.72. The minimum absolute atomic E-state index is 0.768. The maximum Gasteiger partial charge on any atom is 0.0217 e. The molecule has 8 heavy (non-hydrogen) atoms. The zero-order chi connectivity index (χ0) is 6.24. The third-order valence-electron chi connectivity index (χ3n) is 0.987. The molecule has 0 N–H and O–H groups in total. The third-order valence-corrected chi connectivity index (χ3v) is 1.18. The minimum Gasteiger partial charge on any atom is -0.0897 e. The van der Waals surface area contributed by atoms with Crippen molar-refractivity contribution in [2.24, 2.45) is 0 Å². The SMILES string of the molecule is CCCCC=CC[S]. The van der Waals surface area contributed by atoms with Gasteiger partial charge in [0.05, 0.1) is 0 Å².